The highest BCUT2D eigenvalue weighted by molar-refractivity contribution is 7.92. The number of anilines is 1. The third kappa shape index (κ3) is 5.35. The SMILES string of the molecule is Nc1ncc(-c2ccc(S(=O)(=O)C3CCOC3)cc2)nc1-c1cc(-c2ccc(CN[C@H]3CCOC3)cc2F)no1. The van der Waals surface area contributed by atoms with Gasteiger partial charge in [0.25, 0.3) is 0 Å². The van der Waals surface area contributed by atoms with Gasteiger partial charge in [-0.25, -0.2) is 22.8 Å². The minimum Gasteiger partial charge on any atom is -0.382 e. The predicted octanol–water partition coefficient (Wildman–Crippen LogP) is 3.63. The molecule has 2 saturated heterocycles. The van der Waals surface area contributed by atoms with Gasteiger partial charge >= 0.3 is 0 Å². The lowest BCUT2D eigenvalue weighted by Crippen LogP contribution is -2.28. The lowest BCUT2D eigenvalue weighted by Gasteiger charge is -2.11. The second-order valence-corrected chi connectivity index (χ2v) is 12.1. The van der Waals surface area contributed by atoms with E-state index in [9.17, 15) is 12.8 Å². The van der Waals surface area contributed by atoms with Crippen LogP contribution in [0.1, 0.15) is 18.4 Å². The first-order valence-electron chi connectivity index (χ1n) is 13.0. The van der Waals surface area contributed by atoms with Crippen LogP contribution in [-0.2, 0) is 25.9 Å². The smallest absolute Gasteiger partial charge is 0.189 e. The lowest BCUT2D eigenvalue weighted by molar-refractivity contribution is 0.190. The van der Waals surface area contributed by atoms with Gasteiger partial charge in [-0.2, -0.15) is 0 Å². The maximum atomic E-state index is 15.0. The zero-order valence-electron chi connectivity index (χ0n) is 21.5. The van der Waals surface area contributed by atoms with Gasteiger partial charge in [-0.05, 0) is 42.7 Å². The number of rotatable bonds is 8. The van der Waals surface area contributed by atoms with Gasteiger partial charge in [-0.15, -0.1) is 0 Å². The third-order valence-electron chi connectivity index (χ3n) is 7.18. The van der Waals surface area contributed by atoms with E-state index in [1.165, 1.54) is 12.3 Å². The Hall–Kier alpha value is -3.71. The molecule has 40 heavy (non-hydrogen) atoms. The normalized spacial score (nSPS) is 19.3. The summed E-state index contributed by atoms with van der Waals surface area (Å²) in [7, 11) is -3.48. The number of halogens is 1. The van der Waals surface area contributed by atoms with E-state index in [0.29, 0.717) is 43.1 Å². The molecule has 3 N–H and O–H groups in total. The van der Waals surface area contributed by atoms with Crippen LogP contribution in [0.5, 0.6) is 0 Å². The molecule has 0 amide bonds. The molecule has 2 aromatic heterocycles. The Morgan fingerprint density at radius 3 is 2.52 bits per heavy atom. The van der Waals surface area contributed by atoms with E-state index in [-0.39, 0.29) is 40.4 Å². The van der Waals surface area contributed by atoms with Crippen LogP contribution in [0.15, 0.2) is 64.1 Å². The number of benzene rings is 2. The summed E-state index contributed by atoms with van der Waals surface area (Å²) < 4.78 is 56.7. The zero-order chi connectivity index (χ0) is 27.7. The molecule has 2 aromatic carbocycles. The Labute approximate surface area is 230 Å². The molecule has 0 saturated carbocycles. The first kappa shape index (κ1) is 26.5. The van der Waals surface area contributed by atoms with Crippen molar-refractivity contribution in [2.24, 2.45) is 0 Å². The summed E-state index contributed by atoms with van der Waals surface area (Å²) in [6.45, 7) is 2.60. The van der Waals surface area contributed by atoms with Gasteiger partial charge in [-0.3, -0.25) is 0 Å². The molecule has 0 radical (unpaired) electrons. The van der Waals surface area contributed by atoms with Crippen LogP contribution in [0, 0.1) is 5.82 Å². The van der Waals surface area contributed by atoms with Crippen LogP contribution in [0.4, 0.5) is 10.2 Å². The standard InChI is InChI=1S/C28H28FN5O5S/c29-23-11-17(13-31-19-7-9-37-15-19)1-6-22(23)24-12-26(39-34-24)27-28(30)32-14-25(33-27)18-2-4-20(5-3-18)40(35,36)21-8-10-38-16-21/h1-6,11-12,14,19,21,31H,7-10,13,15-16H2,(H2,30,32)/t19-,21?/m0/s1. The summed E-state index contributed by atoms with van der Waals surface area (Å²) in [6, 6.07) is 13.3. The summed E-state index contributed by atoms with van der Waals surface area (Å²) in [5.41, 5.74) is 8.85. The fourth-order valence-electron chi connectivity index (χ4n) is 4.83. The quantitative estimate of drug-likeness (QED) is 0.325. The van der Waals surface area contributed by atoms with Crippen molar-refractivity contribution in [3.05, 3.63) is 66.1 Å². The van der Waals surface area contributed by atoms with Crippen LogP contribution in [0.3, 0.4) is 0 Å². The van der Waals surface area contributed by atoms with Gasteiger partial charge in [0.05, 0.1) is 35.2 Å². The number of hydrogen-bond acceptors (Lipinski definition) is 10. The Kier molecular flexibility index (Phi) is 7.32. The largest absolute Gasteiger partial charge is 0.382 e. The van der Waals surface area contributed by atoms with Crippen LogP contribution < -0.4 is 11.1 Å². The summed E-state index contributed by atoms with van der Waals surface area (Å²) >= 11 is 0. The molecule has 10 nitrogen and oxygen atoms in total. The van der Waals surface area contributed by atoms with Crippen LogP contribution >= 0.6 is 0 Å². The molecule has 6 rings (SSSR count). The predicted molar refractivity (Wildman–Crippen MR) is 145 cm³/mol. The van der Waals surface area contributed by atoms with Crippen molar-refractivity contribution in [1.29, 1.82) is 0 Å². The van der Waals surface area contributed by atoms with Crippen LogP contribution in [0.2, 0.25) is 0 Å². The maximum absolute atomic E-state index is 15.0. The van der Waals surface area contributed by atoms with Gasteiger partial charge in [0, 0.05) is 43.0 Å². The van der Waals surface area contributed by atoms with Crippen molar-refractivity contribution >= 4 is 15.7 Å². The van der Waals surface area contributed by atoms with Crippen molar-refractivity contribution in [3.8, 4) is 34.0 Å². The summed E-state index contributed by atoms with van der Waals surface area (Å²) in [6.07, 6.45) is 2.92. The van der Waals surface area contributed by atoms with Gasteiger partial charge in [-0.1, -0.05) is 23.4 Å². The third-order valence-corrected chi connectivity index (χ3v) is 9.36. The molecular weight excluding hydrogens is 537 g/mol. The number of hydrogen-bond donors (Lipinski definition) is 2. The average molecular weight is 566 g/mol. The molecule has 4 aromatic rings. The van der Waals surface area contributed by atoms with Gasteiger partial charge in [0.2, 0.25) is 0 Å². The first-order valence-corrected chi connectivity index (χ1v) is 14.5. The Morgan fingerprint density at radius 1 is 1.00 bits per heavy atom. The van der Waals surface area contributed by atoms with E-state index in [1.54, 1.807) is 36.4 Å². The van der Waals surface area contributed by atoms with Crippen LogP contribution in [0.25, 0.3) is 34.0 Å². The van der Waals surface area contributed by atoms with E-state index in [2.05, 4.69) is 20.4 Å². The van der Waals surface area contributed by atoms with Gasteiger partial charge in [0.15, 0.2) is 27.1 Å². The molecule has 0 spiro atoms. The van der Waals surface area contributed by atoms with Crippen molar-refractivity contribution in [2.45, 2.75) is 35.6 Å². The van der Waals surface area contributed by atoms with Crippen molar-refractivity contribution in [3.63, 3.8) is 0 Å². The molecule has 0 aliphatic carbocycles. The highest BCUT2D eigenvalue weighted by atomic mass is 32.2. The van der Waals surface area contributed by atoms with Crippen molar-refractivity contribution in [1.82, 2.24) is 20.4 Å². The highest BCUT2D eigenvalue weighted by Gasteiger charge is 2.31. The number of sulfone groups is 1. The lowest BCUT2D eigenvalue weighted by atomic mass is 10.1. The molecule has 2 atom stereocenters. The zero-order valence-corrected chi connectivity index (χ0v) is 22.4. The summed E-state index contributed by atoms with van der Waals surface area (Å²) in [4.78, 5) is 9.05. The maximum Gasteiger partial charge on any atom is 0.189 e. The Morgan fingerprint density at radius 2 is 1.80 bits per heavy atom. The fraction of sp³-hybridized carbons (Fsp3) is 0.321. The number of aromatic nitrogens is 3. The molecular formula is C28H28FN5O5S. The van der Waals surface area contributed by atoms with Crippen molar-refractivity contribution in [2.75, 3.05) is 32.2 Å². The Balaban J connectivity index is 1.21. The molecule has 12 heteroatoms. The van der Waals surface area contributed by atoms with E-state index in [1.807, 2.05) is 6.07 Å². The summed E-state index contributed by atoms with van der Waals surface area (Å²) in [5.74, 6) is -0.0767. The molecule has 2 aliphatic rings. The molecule has 2 fully saturated rings. The monoisotopic (exact) mass is 565 g/mol. The second kappa shape index (κ2) is 11.0. The minimum absolute atomic E-state index is 0.115. The molecule has 208 valence electrons. The van der Waals surface area contributed by atoms with Crippen molar-refractivity contribution < 1.29 is 26.8 Å². The molecule has 4 heterocycles. The molecule has 0 bridgehead atoms. The molecule has 1 unspecified atom stereocenters. The van der Waals surface area contributed by atoms with E-state index in [0.717, 1.165) is 18.6 Å². The Bertz CT molecular complexity index is 1610. The number of nitrogens with one attached hydrogen (secondary N) is 1. The van der Waals surface area contributed by atoms with E-state index < -0.39 is 20.9 Å². The van der Waals surface area contributed by atoms with E-state index >= 15 is 0 Å². The number of nitrogens with zero attached hydrogens (tertiary/aromatic N) is 3. The number of nitrogen functional groups attached to an aromatic ring is 1. The average Bonchev–Trinajstić information content (AvgIpc) is 3.76. The fourth-order valence-corrected chi connectivity index (χ4v) is 6.41. The minimum atomic E-state index is -3.48. The second-order valence-electron chi connectivity index (χ2n) is 9.88. The number of ether oxygens (including phenoxy) is 2. The van der Waals surface area contributed by atoms with E-state index in [4.69, 9.17) is 19.7 Å². The van der Waals surface area contributed by atoms with Crippen LogP contribution in [-0.4, -0.2) is 61.3 Å². The summed E-state index contributed by atoms with van der Waals surface area (Å²) in [5, 5.41) is 6.87. The number of nitrogens with two attached hydrogens (primary N) is 1. The molecule has 2 aliphatic heterocycles. The topological polar surface area (TPSA) is 142 Å². The van der Waals surface area contributed by atoms with Gasteiger partial charge < -0.3 is 25.0 Å². The van der Waals surface area contributed by atoms with Gasteiger partial charge in [0.1, 0.15) is 11.5 Å². The highest BCUT2D eigenvalue weighted by Crippen LogP contribution is 2.31. The first-order chi connectivity index (χ1) is 19.4.